The van der Waals surface area contributed by atoms with Crippen molar-refractivity contribution in [1.29, 1.82) is 0 Å². The molecule has 0 aromatic heterocycles. The molecule has 0 aromatic rings. The van der Waals surface area contributed by atoms with Gasteiger partial charge in [0.25, 0.3) is 0 Å². The molecule has 0 radical (unpaired) electrons. The second-order valence-corrected chi connectivity index (χ2v) is 17.6. The first-order valence-electron chi connectivity index (χ1n) is 24.7. The van der Waals surface area contributed by atoms with E-state index in [0.717, 1.165) is 90.3 Å². The molecule has 1 fully saturated rings. The Morgan fingerprint density at radius 3 is 1.47 bits per heavy atom. The van der Waals surface area contributed by atoms with Crippen molar-refractivity contribution in [3.05, 3.63) is 0 Å². The van der Waals surface area contributed by atoms with Gasteiger partial charge in [-0.25, -0.2) is 0 Å². The van der Waals surface area contributed by atoms with Crippen LogP contribution in [0, 0.1) is 5.41 Å². The van der Waals surface area contributed by atoms with Gasteiger partial charge in [0.2, 0.25) is 0 Å². The van der Waals surface area contributed by atoms with Crippen LogP contribution in [0.3, 0.4) is 0 Å². The lowest BCUT2D eigenvalue weighted by atomic mass is 9.66. The first kappa shape index (κ1) is 51.9. The molecule has 1 aliphatic carbocycles. The van der Waals surface area contributed by atoms with E-state index in [1.54, 1.807) is 0 Å². The molecule has 0 aliphatic heterocycles. The third-order valence-electron chi connectivity index (χ3n) is 12.4. The largest absolute Gasteiger partial charge is 0.466 e. The first-order chi connectivity index (χ1) is 27.0. The van der Waals surface area contributed by atoms with Gasteiger partial charge in [-0.3, -0.25) is 9.59 Å². The molecule has 6 heteroatoms. The van der Waals surface area contributed by atoms with Gasteiger partial charge >= 0.3 is 11.9 Å². The van der Waals surface area contributed by atoms with Gasteiger partial charge in [-0.2, -0.15) is 0 Å². The van der Waals surface area contributed by atoms with E-state index in [2.05, 4.69) is 25.7 Å². The fraction of sp³-hybridized carbons (Fsp3) is 0.959. The van der Waals surface area contributed by atoms with Crippen molar-refractivity contribution in [3.8, 4) is 0 Å². The van der Waals surface area contributed by atoms with Gasteiger partial charge in [0.15, 0.2) is 0 Å². The van der Waals surface area contributed by atoms with E-state index in [0.29, 0.717) is 13.0 Å². The van der Waals surface area contributed by atoms with E-state index in [4.69, 9.17) is 9.47 Å². The Morgan fingerprint density at radius 1 is 0.545 bits per heavy atom. The summed E-state index contributed by atoms with van der Waals surface area (Å²) in [5.74, 6) is 0.115. The van der Waals surface area contributed by atoms with Gasteiger partial charge in [0.1, 0.15) is 6.10 Å². The van der Waals surface area contributed by atoms with Crippen LogP contribution >= 0.6 is 0 Å². The van der Waals surface area contributed by atoms with E-state index >= 15 is 0 Å². The smallest absolute Gasteiger partial charge is 0.312 e. The summed E-state index contributed by atoms with van der Waals surface area (Å²) < 4.78 is 11.8. The maximum absolute atomic E-state index is 13.7. The average Bonchev–Trinajstić information content (AvgIpc) is 3.16. The fourth-order valence-electron chi connectivity index (χ4n) is 8.39. The predicted octanol–water partition coefficient (Wildman–Crippen LogP) is 14.2. The number of hydrogen-bond acceptors (Lipinski definition) is 6. The molecule has 0 saturated heterocycles. The number of unbranched alkanes of at least 4 members (excludes halogenated alkanes) is 24. The van der Waals surface area contributed by atoms with Gasteiger partial charge in [-0.1, -0.05) is 168 Å². The summed E-state index contributed by atoms with van der Waals surface area (Å²) in [5, 5.41) is 9.34. The van der Waals surface area contributed by atoms with Gasteiger partial charge in [-0.05, 0) is 103 Å². The number of aliphatic hydroxyl groups is 1. The highest BCUT2D eigenvalue weighted by molar-refractivity contribution is 5.78. The number of carbonyl (C=O) groups is 2. The molecule has 0 atom stereocenters. The van der Waals surface area contributed by atoms with Crippen LogP contribution in [0.4, 0.5) is 0 Å². The second-order valence-electron chi connectivity index (χ2n) is 17.6. The molecule has 326 valence electrons. The lowest BCUT2D eigenvalue weighted by Crippen LogP contribution is -2.41. The van der Waals surface area contributed by atoms with E-state index in [9.17, 15) is 14.7 Å². The first-order valence-corrected chi connectivity index (χ1v) is 24.7. The monoisotopic (exact) mass is 778 g/mol. The molecule has 0 aromatic carbocycles. The van der Waals surface area contributed by atoms with Crippen LogP contribution in [-0.4, -0.2) is 60.9 Å². The maximum Gasteiger partial charge on any atom is 0.312 e. The SMILES string of the molecule is CCCCCCCCCOC(=O)CCCCCCCN(CCCCO)CCCCCCC1(C(=O)OC(CCCCCCCC)CCCCCCCC)CCC1. The van der Waals surface area contributed by atoms with Gasteiger partial charge < -0.3 is 19.5 Å². The zero-order valence-electron chi connectivity index (χ0n) is 37.3. The maximum atomic E-state index is 13.7. The highest BCUT2D eigenvalue weighted by atomic mass is 16.5. The third kappa shape index (κ3) is 29.7. The van der Waals surface area contributed by atoms with E-state index < -0.39 is 0 Å². The minimum atomic E-state index is -0.204. The highest BCUT2D eigenvalue weighted by Gasteiger charge is 2.45. The minimum Gasteiger partial charge on any atom is -0.466 e. The molecular weight excluding hydrogens is 683 g/mol. The summed E-state index contributed by atoms with van der Waals surface area (Å²) >= 11 is 0. The van der Waals surface area contributed by atoms with Gasteiger partial charge in [0, 0.05) is 13.0 Å². The summed E-state index contributed by atoms with van der Waals surface area (Å²) in [6.45, 7) is 11.0. The van der Waals surface area contributed by atoms with Crippen LogP contribution in [0.2, 0.25) is 0 Å². The number of rotatable bonds is 43. The normalized spacial score (nSPS) is 13.8. The summed E-state index contributed by atoms with van der Waals surface area (Å²) in [5.41, 5.74) is -0.204. The van der Waals surface area contributed by atoms with Crippen LogP contribution in [0.5, 0.6) is 0 Å². The van der Waals surface area contributed by atoms with Crippen molar-refractivity contribution >= 4 is 11.9 Å². The molecule has 1 saturated carbocycles. The summed E-state index contributed by atoms with van der Waals surface area (Å²) in [7, 11) is 0. The van der Waals surface area contributed by atoms with Gasteiger partial charge in [-0.15, -0.1) is 0 Å². The number of ether oxygens (including phenoxy) is 2. The van der Waals surface area contributed by atoms with Crippen LogP contribution < -0.4 is 0 Å². The fourth-order valence-corrected chi connectivity index (χ4v) is 8.39. The predicted molar refractivity (Wildman–Crippen MR) is 235 cm³/mol. The van der Waals surface area contributed by atoms with Crippen molar-refractivity contribution < 1.29 is 24.2 Å². The topological polar surface area (TPSA) is 76.1 Å². The lowest BCUT2D eigenvalue weighted by Gasteiger charge is -2.40. The summed E-state index contributed by atoms with van der Waals surface area (Å²) in [6, 6.07) is 0. The summed E-state index contributed by atoms with van der Waals surface area (Å²) in [4.78, 5) is 28.4. The Morgan fingerprint density at radius 2 is 0.982 bits per heavy atom. The molecule has 6 nitrogen and oxygen atoms in total. The number of esters is 2. The van der Waals surface area contributed by atoms with Crippen LogP contribution in [0.25, 0.3) is 0 Å². The molecule has 55 heavy (non-hydrogen) atoms. The molecule has 0 heterocycles. The quantitative estimate of drug-likeness (QED) is 0.0491. The minimum absolute atomic E-state index is 0.0184. The molecule has 1 N–H and O–H groups in total. The Bertz CT molecular complexity index is 829. The number of aliphatic hydroxyl groups excluding tert-OH is 1. The van der Waals surface area contributed by atoms with Crippen molar-refractivity contribution in [1.82, 2.24) is 4.90 Å². The molecular formula is C49H95NO5. The molecule has 0 amide bonds. The Balaban J connectivity index is 2.30. The Labute approximate surface area is 342 Å². The molecule has 1 aliphatic rings. The Kier molecular flexibility index (Phi) is 36.2. The number of carbonyl (C=O) groups excluding carboxylic acids is 2. The Hall–Kier alpha value is -1.14. The molecule has 0 spiro atoms. The van der Waals surface area contributed by atoms with Crippen LogP contribution in [-0.2, 0) is 19.1 Å². The number of hydrogen-bond donors (Lipinski definition) is 1. The second kappa shape index (κ2) is 38.4. The zero-order valence-corrected chi connectivity index (χ0v) is 37.3. The van der Waals surface area contributed by atoms with E-state index in [1.807, 2.05) is 0 Å². The van der Waals surface area contributed by atoms with Crippen molar-refractivity contribution in [2.24, 2.45) is 5.41 Å². The van der Waals surface area contributed by atoms with Crippen molar-refractivity contribution in [2.45, 2.75) is 264 Å². The average molecular weight is 778 g/mol. The van der Waals surface area contributed by atoms with Gasteiger partial charge in [0.05, 0.1) is 12.0 Å². The lowest BCUT2D eigenvalue weighted by molar-refractivity contribution is -0.169. The van der Waals surface area contributed by atoms with Crippen LogP contribution in [0.15, 0.2) is 0 Å². The molecule has 0 unspecified atom stereocenters. The standard InChI is InChI=1S/C49H95NO5/c1-4-7-10-13-16-24-33-45-54-47(52)37-27-20-17-22-29-41-50(43-31-32-44-51)42-30-23-21-28-38-49(39-34-40-49)48(53)55-46(35-25-18-14-11-8-5-2)36-26-19-15-12-9-6-3/h46,51H,4-45H2,1-3H3. The number of nitrogens with zero attached hydrogens (tertiary/aromatic N) is 1. The van der Waals surface area contributed by atoms with E-state index in [-0.39, 0.29) is 30.1 Å². The van der Waals surface area contributed by atoms with Crippen LogP contribution in [0.1, 0.15) is 258 Å². The third-order valence-corrected chi connectivity index (χ3v) is 12.4. The highest BCUT2D eigenvalue weighted by Crippen LogP contribution is 2.46. The van der Waals surface area contributed by atoms with Crippen molar-refractivity contribution in [3.63, 3.8) is 0 Å². The van der Waals surface area contributed by atoms with Crippen molar-refractivity contribution in [2.75, 3.05) is 32.8 Å². The molecule has 0 bridgehead atoms. The van der Waals surface area contributed by atoms with E-state index in [1.165, 1.54) is 161 Å². The summed E-state index contributed by atoms with van der Waals surface area (Å²) in [6.07, 6.45) is 43.5. The zero-order chi connectivity index (χ0) is 39.9. The molecule has 1 rings (SSSR count).